The Morgan fingerprint density at radius 3 is 2.58 bits per heavy atom. The van der Waals surface area contributed by atoms with E-state index < -0.39 is 28.8 Å². The van der Waals surface area contributed by atoms with Gasteiger partial charge in [0, 0.05) is 0 Å². The van der Waals surface area contributed by atoms with Crippen molar-refractivity contribution in [1.29, 1.82) is 0 Å². The van der Waals surface area contributed by atoms with E-state index in [-0.39, 0.29) is 17.3 Å². The second-order valence-corrected chi connectivity index (χ2v) is 6.81. The number of aromatic nitrogens is 2. The minimum absolute atomic E-state index is 0.0261. The number of carbonyl (C=O) groups excluding carboxylic acids is 1. The zero-order valence-corrected chi connectivity index (χ0v) is 14.2. The number of hydrogen-bond donors (Lipinski definition) is 2. The number of rotatable bonds is 3. The topological polar surface area (TPSA) is 97.5 Å². The van der Waals surface area contributed by atoms with Gasteiger partial charge in [0.2, 0.25) is 0 Å². The van der Waals surface area contributed by atoms with Crippen molar-refractivity contribution in [1.82, 2.24) is 15.5 Å². The summed E-state index contributed by atoms with van der Waals surface area (Å²) < 4.78 is 24.2. The quantitative estimate of drug-likeness (QED) is 0.891. The number of nitrogens with zero attached hydrogens (tertiary/aromatic N) is 2. The SMILES string of the molecule is CC(C)(C)OC(=O)NC(C)(C)c1noc(-c2cccc(O)c2F)n1. The van der Waals surface area contributed by atoms with Crippen LogP contribution in [0.4, 0.5) is 9.18 Å². The van der Waals surface area contributed by atoms with Crippen LogP contribution < -0.4 is 5.32 Å². The van der Waals surface area contributed by atoms with Crippen LogP contribution in [0.25, 0.3) is 11.5 Å². The van der Waals surface area contributed by atoms with Crippen LogP contribution in [-0.2, 0) is 10.3 Å². The van der Waals surface area contributed by atoms with E-state index in [2.05, 4.69) is 15.5 Å². The van der Waals surface area contributed by atoms with Gasteiger partial charge in [0.05, 0.1) is 5.56 Å². The summed E-state index contributed by atoms with van der Waals surface area (Å²) in [6.07, 6.45) is -0.637. The minimum Gasteiger partial charge on any atom is -0.505 e. The van der Waals surface area contributed by atoms with E-state index >= 15 is 0 Å². The van der Waals surface area contributed by atoms with Gasteiger partial charge in [-0.05, 0) is 46.8 Å². The molecule has 1 aromatic heterocycles. The van der Waals surface area contributed by atoms with Crippen LogP contribution in [0, 0.1) is 5.82 Å². The molecule has 0 saturated heterocycles. The van der Waals surface area contributed by atoms with Gasteiger partial charge >= 0.3 is 6.09 Å². The number of hydrogen-bond acceptors (Lipinski definition) is 6. The molecule has 7 nitrogen and oxygen atoms in total. The number of carbonyl (C=O) groups is 1. The molecule has 1 aromatic carbocycles. The van der Waals surface area contributed by atoms with Crippen molar-refractivity contribution in [3.05, 3.63) is 29.8 Å². The molecular weight excluding hydrogens is 317 g/mol. The molecule has 0 atom stereocenters. The molecule has 0 saturated carbocycles. The van der Waals surface area contributed by atoms with Gasteiger partial charge in [-0.1, -0.05) is 11.2 Å². The molecule has 0 radical (unpaired) electrons. The van der Waals surface area contributed by atoms with E-state index in [4.69, 9.17) is 9.26 Å². The molecule has 2 aromatic rings. The van der Waals surface area contributed by atoms with Gasteiger partial charge in [-0.25, -0.2) is 9.18 Å². The number of nitrogens with one attached hydrogen (secondary N) is 1. The van der Waals surface area contributed by atoms with Gasteiger partial charge in [-0.15, -0.1) is 0 Å². The molecule has 8 heteroatoms. The normalized spacial score (nSPS) is 12.1. The van der Waals surface area contributed by atoms with E-state index in [9.17, 15) is 14.3 Å². The third-order valence-corrected chi connectivity index (χ3v) is 3.01. The van der Waals surface area contributed by atoms with Crippen LogP contribution in [0.2, 0.25) is 0 Å². The predicted octanol–water partition coefficient (Wildman–Crippen LogP) is 3.34. The molecular formula is C16H20FN3O4. The van der Waals surface area contributed by atoms with E-state index in [1.165, 1.54) is 18.2 Å². The zero-order chi connectivity index (χ0) is 18.1. The summed E-state index contributed by atoms with van der Waals surface area (Å²) >= 11 is 0. The van der Waals surface area contributed by atoms with E-state index in [0.717, 1.165) is 0 Å². The number of amides is 1. The maximum absolute atomic E-state index is 13.9. The van der Waals surface area contributed by atoms with Gasteiger partial charge < -0.3 is 19.7 Å². The summed E-state index contributed by atoms with van der Waals surface area (Å²) in [5.74, 6) is -1.33. The Labute approximate surface area is 138 Å². The molecule has 0 fully saturated rings. The lowest BCUT2D eigenvalue weighted by molar-refractivity contribution is 0.0465. The van der Waals surface area contributed by atoms with Crippen molar-refractivity contribution >= 4 is 6.09 Å². The Morgan fingerprint density at radius 1 is 1.29 bits per heavy atom. The van der Waals surface area contributed by atoms with Crippen molar-refractivity contribution in [2.24, 2.45) is 0 Å². The lowest BCUT2D eigenvalue weighted by Gasteiger charge is -2.26. The van der Waals surface area contributed by atoms with Crippen molar-refractivity contribution in [3.63, 3.8) is 0 Å². The number of aromatic hydroxyl groups is 1. The first-order valence-corrected chi connectivity index (χ1v) is 7.33. The first-order valence-electron chi connectivity index (χ1n) is 7.33. The standard InChI is InChI=1S/C16H20FN3O4/c1-15(2,3)23-14(22)19-16(4,5)13-18-12(24-20-13)9-7-6-8-10(21)11(9)17/h6-8,21H,1-5H3,(H,19,22). The Balaban J connectivity index is 2.23. The Bertz CT molecular complexity index is 750. The zero-order valence-electron chi connectivity index (χ0n) is 14.2. The smallest absolute Gasteiger partial charge is 0.408 e. The summed E-state index contributed by atoms with van der Waals surface area (Å²) in [5, 5.41) is 15.8. The molecule has 0 aliphatic carbocycles. The number of halogens is 1. The average molecular weight is 337 g/mol. The maximum atomic E-state index is 13.9. The molecule has 1 heterocycles. The van der Waals surface area contributed by atoms with Gasteiger partial charge in [-0.3, -0.25) is 0 Å². The number of phenols is 1. The molecule has 0 aliphatic rings. The van der Waals surface area contributed by atoms with Crippen molar-refractivity contribution < 1.29 is 23.6 Å². The first kappa shape index (κ1) is 17.7. The van der Waals surface area contributed by atoms with Crippen LogP contribution in [-0.4, -0.2) is 26.9 Å². The highest BCUT2D eigenvalue weighted by Crippen LogP contribution is 2.28. The van der Waals surface area contributed by atoms with Gasteiger partial charge in [0.1, 0.15) is 11.1 Å². The second-order valence-electron chi connectivity index (χ2n) is 6.81. The number of alkyl carbamates (subject to hydrolysis) is 1. The molecule has 0 spiro atoms. The number of ether oxygens (including phenoxy) is 1. The van der Waals surface area contributed by atoms with E-state index in [1.807, 2.05) is 0 Å². The van der Waals surface area contributed by atoms with Gasteiger partial charge in [0.15, 0.2) is 17.4 Å². The molecule has 2 rings (SSSR count). The molecule has 0 unspecified atom stereocenters. The van der Waals surface area contributed by atoms with Crippen molar-refractivity contribution in [3.8, 4) is 17.2 Å². The van der Waals surface area contributed by atoms with Crippen LogP contribution >= 0.6 is 0 Å². The fourth-order valence-corrected chi connectivity index (χ4v) is 1.89. The highest BCUT2D eigenvalue weighted by atomic mass is 19.1. The second kappa shape index (κ2) is 6.10. The minimum atomic E-state index is -1.00. The van der Waals surface area contributed by atoms with Crippen LogP contribution in [0.5, 0.6) is 5.75 Å². The number of phenolic OH excluding ortho intramolecular Hbond substituents is 1. The van der Waals surface area contributed by atoms with Crippen LogP contribution in [0.1, 0.15) is 40.4 Å². The fraction of sp³-hybridized carbons (Fsp3) is 0.438. The Hall–Kier alpha value is -2.64. The van der Waals surface area contributed by atoms with E-state index in [0.29, 0.717) is 0 Å². The van der Waals surface area contributed by atoms with Crippen LogP contribution in [0.15, 0.2) is 22.7 Å². The Morgan fingerprint density at radius 2 is 1.96 bits per heavy atom. The molecule has 0 aliphatic heterocycles. The third kappa shape index (κ3) is 4.01. The lowest BCUT2D eigenvalue weighted by Crippen LogP contribution is -2.44. The summed E-state index contributed by atoms with van der Waals surface area (Å²) in [4.78, 5) is 16.0. The highest BCUT2D eigenvalue weighted by molar-refractivity contribution is 5.68. The first-order chi connectivity index (χ1) is 11.0. The maximum Gasteiger partial charge on any atom is 0.408 e. The van der Waals surface area contributed by atoms with Crippen LogP contribution in [0.3, 0.4) is 0 Å². The van der Waals surface area contributed by atoms with Crippen molar-refractivity contribution in [2.75, 3.05) is 0 Å². The monoisotopic (exact) mass is 337 g/mol. The summed E-state index contributed by atoms with van der Waals surface area (Å²) in [7, 11) is 0. The van der Waals surface area contributed by atoms with Gasteiger partial charge in [-0.2, -0.15) is 4.98 Å². The predicted molar refractivity (Wildman–Crippen MR) is 83.8 cm³/mol. The lowest BCUT2D eigenvalue weighted by atomic mass is 10.1. The summed E-state index contributed by atoms with van der Waals surface area (Å²) in [6.45, 7) is 8.55. The summed E-state index contributed by atoms with van der Waals surface area (Å²) in [6, 6.07) is 4.08. The molecule has 130 valence electrons. The third-order valence-electron chi connectivity index (χ3n) is 3.01. The average Bonchev–Trinajstić information content (AvgIpc) is 2.89. The summed E-state index contributed by atoms with van der Waals surface area (Å²) in [5.41, 5.74) is -1.67. The molecule has 1 amide bonds. The van der Waals surface area contributed by atoms with E-state index in [1.54, 1.807) is 34.6 Å². The Kier molecular flexibility index (Phi) is 4.50. The molecule has 24 heavy (non-hydrogen) atoms. The number of benzene rings is 1. The largest absolute Gasteiger partial charge is 0.505 e. The van der Waals surface area contributed by atoms with Crippen molar-refractivity contribution in [2.45, 2.75) is 45.8 Å². The highest BCUT2D eigenvalue weighted by Gasteiger charge is 2.31. The molecule has 2 N–H and O–H groups in total. The van der Waals surface area contributed by atoms with Gasteiger partial charge in [0.25, 0.3) is 5.89 Å². The molecule has 0 bridgehead atoms. The fourth-order valence-electron chi connectivity index (χ4n) is 1.89.